The van der Waals surface area contributed by atoms with Crippen LogP contribution in [0.25, 0.3) is 11.0 Å². The third-order valence-corrected chi connectivity index (χ3v) is 6.31. The number of methoxy groups -OCH3 is 1. The molecule has 3 aromatic rings. The van der Waals surface area contributed by atoms with Crippen molar-refractivity contribution >= 4 is 21.1 Å². The van der Waals surface area contributed by atoms with Crippen molar-refractivity contribution in [3.63, 3.8) is 0 Å². The van der Waals surface area contributed by atoms with Crippen molar-refractivity contribution in [3.05, 3.63) is 59.7 Å². The summed E-state index contributed by atoms with van der Waals surface area (Å²) in [6.45, 7) is 0.440. The van der Waals surface area contributed by atoms with Gasteiger partial charge in [-0.1, -0.05) is 0 Å². The van der Waals surface area contributed by atoms with E-state index in [0.29, 0.717) is 12.1 Å². The van der Waals surface area contributed by atoms with Crippen molar-refractivity contribution in [3.8, 4) is 5.75 Å². The molecule has 1 aliphatic rings. The Morgan fingerprint density at radius 1 is 1.23 bits per heavy atom. The summed E-state index contributed by atoms with van der Waals surface area (Å²) in [5, 5.41) is 0.855. The number of benzene rings is 1. The lowest BCUT2D eigenvalue weighted by atomic mass is 10.1. The van der Waals surface area contributed by atoms with Crippen molar-refractivity contribution in [1.82, 2.24) is 14.3 Å². The minimum Gasteiger partial charge on any atom is -0.495 e. The molecule has 8 heteroatoms. The smallest absolute Gasteiger partial charge is 0.247 e. The Morgan fingerprint density at radius 2 is 2.08 bits per heavy atom. The average Bonchev–Trinajstić information content (AvgIpc) is 2.65. The molecule has 4 rings (SSSR count). The summed E-state index contributed by atoms with van der Waals surface area (Å²) in [6.07, 6.45) is 2.15. The lowest BCUT2D eigenvalue weighted by Gasteiger charge is -2.28. The molecule has 0 saturated carbocycles. The number of hydrogen-bond donors (Lipinski definition) is 0. The van der Waals surface area contributed by atoms with Gasteiger partial charge in [-0.15, -0.1) is 0 Å². The normalized spacial score (nSPS) is 15.0. The van der Waals surface area contributed by atoms with Crippen LogP contribution >= 0.6 is 0 Å². The Bertz CT molecular complexity index is 1100. The van der Waals surface area contributed by atoms with Gasteiger partial charge in [0.1, 0.15) is 16.5 Å². The second kappa shape index (κ2) is 6.30. The lowest BCUT2D eigenvalue weighted by molar-refractivity contribution is 0.375. The van der Waals surface area contributed by atoms with Crippen LogP contribution in [0.2, 0.25) is 0 Å². The van der Waals surface area contributed by atoms with Crippen molar-refractivity contribution in [2.75, 3.05) is 13.7 Å². The highest BCUT2D eigenvalue weighted by Gasteiger charge is 2.31. The van der Waals surface area contributed by atoms with E-state index in [9.17, 15) is 12.8 Å². The van der Waals surface area contributed by atoms with Crippen LogP contribution in [0.1, 0.15) is 11.3 Å². The van der Waals surface area contributed by atoms with Gasteiger partial charge in [-0.25, -0.2) is 22.8 Å². The molecule has 0 N–H and O–H groups in total. The van der Waals surface area contributed by atoms with Gasteiger partial charge in [0, 0.05) is 36.8 Å². The van der Waals surface area contributed by atoms with E-state index in [0.717, 1.165) is 22.7 Å². The summed E-state index contributed by atoms with van der Waals surface area (Å²) >= 11 is 0. The molecule has 134 valence electrons. The van der Waals surface area contributed by atoms with Crippen molar-refractivity contribution < 1.29 is 17.5 Å². The standard InChI is InChI=1S/C18H16FN3O3S/c1-25-16-5-4-14(19)10-17(16)26(23,24)22-8-6-15-13(11-22)9-12-3-2-7-20-18(12)21-15/h2-5,7,9-10H,6,8,11H2,1H3. The molecule has 1 aromatic carbocycles. The van der Waals surface area contributed by atoms with E-state index >= 15 is 0 Å². The predicted octanol–water partition coefficient (Wildman–Crippen LogP) is 2.52. The molecule has 0 atom stereocenters. The van der Waals surface area contributed by atoms with Crippen LogP contribution < -0.4 is 4.74 Å². The minimum absolute atomic E-state index is 0.123. The number of rotatable bonds is 3. The van der Waals surface area contributed by atoms with E-state index in [1.807, 2.05) is 18.2 Å². The number of sulfonamides is 1. The topological polar surface area (TPSA) is 72.4 Å². The Kier molecular flexibility index (Phi) is 4.08. The van der Waals surface area contributed by atoms with Gasteiger partial charge in [0.05, 0.1) is 7.11 Å². The highest BCUT2D eigenvalue weighted by molar-refractivity contribution is 7.89. The van der Waals surface area contributed by atoms with Crippen molar-refractivity contribution in [2.24, 2.45) is 0 Å². The van der Waals surface area contributed by atoms with E-state index in [-0.39, 0.29) is 23.7 Å². The van der Waals surface area contributed by atoms with E-state index in [1.165, 1.54) is 23.5 Å². The maximum absolute atomic E-state index is 13.6. The Labute approximate surface area is 150 Å². The highest BCUT2D eigenvalue weighted by Crippen LogP contribution is 2.31. The molecular weight excluding hydrogens is 357 g/mol. The van der Waals surface area contributed by atoms with Gasteiger partial charge in [0.15, 0.2) is 5.65 Å². The number of halogens is 1. The second-order valence-electron chi connectivity index (χ2n) is 6.03. The fourth-order valence-electron chi connectivity index (χ4n) is 3.14. The second-order valence-corrected chi connectivity index (χ2v) is 7.93. The average molecular weight is 373 g/mol. The van der Waals surface area contributed by atoms with Crippen molar-refractivity contribution in [2.45, 2.75) is 17.9 Å². The number of ether oxygens (including phenoxy) is 1. The summed E-state index contributed by atoms with van der Waals surface area (Å²) in [4.78, 5) is 8.60. The van der Waals surface area contributed by atoms with Gasteiger partial charge in [0.2, 0.25) is 10.0 Å². The number of aromatic nitrogens is 2. The van der Waals surface area contributed by atoms with E-state index in [4.69, 9.17) is 4.74 Å². The summed E-state index contributed by atoms with van der Waals surface area (Å²) in [6, 6.07) is 9.10. The molecule has 0 spiro atoms. The molecule has 0 bridgehead atoms. The zero-order chi connectivity index (χ0) is 18.3. The van der Waals surface area contributed by atoms with Gasteiger partial charge < -0.3 is 4.74 Å². The van der Waals surface area contributed by atoms with Gasteiger partial charge in [0.25, 0.3) is 0 Å². The monoisotopic (exact) mass is 373 g/mol. The first kappa shape index (κ1) is 16.9. The first-order valence-electron chi connectivity index (χ1n) is 8.06. The number of nitrogens with zero attached hydrogens (tertiary/aromatic N) is 3. The van der Waals surface area contributed by atoms with Gasteiger partial charge in [-0.2, -0.15) is 4.31 Å². The molecule has 2 aromatic heterocycles. The van der Waals surface area contributed by atoms with E-state index in [2.05, 4.69) is 9.97 Å². The predicted molar refractivity (Wildman–Crippen MR) is 93.8 cm³/mol. The first-order chi connectivity index (χ1) is 12.5. The quantitative estimate of drug-likeness (QED) is 0.705. The summed E-state index contributed by atoms with van der Waals surface area (Å²) in [5.41, 5.74) is 2.32. The molecule has 0 amide bonds. The molecule has 0 radical (unpaired) electrons. The van der Waals surface area contributed by atoms with Gasteiger partial charge >= 0.3 is 0 Å². The fourth-order valence-corrected chi connectivity index (χ4v) is 4.72. The molecule has 0 saturated heterocycles. The molecule has 1 aliphatic heterocycles. The minimum atomic E-state index is -3.90. The summed E-state index contributed by atoms with van der Waals surface area (Å²) in [5.74, 6) is -0.501. The van der Waals surface area contributed by atoms with Crippen LogP contribution in [0, 0.1) is 5.82 Å². The third-order valence-electron chi connectivity index (χ3n) is 4.45. The largest absolute Gasteiger partial charge is 0.495 e. The SMILES string of the molecule is COc1ccc(F)cc1S(=O)(=O)N1CCc2nc3ncccc3cc2C1. The molecule has 0 unspecified atom stereocenters. The number of hydrogen-bond acceptors (Lipinski definition) is 5. The van der Waals surface area contributed by atoms with Crippen LogP contribution in [0.5, 0.6) is 5.75 Å². The molecule has 3 heterocycles. The summed E-state index contributed by atoms with van der Waals surface area (Å²) in [7, 11) is -2.54. The zero-order valence-corrected chi connectivity index (χ0v) is 14.8. The first-order valence-corrected chi connectivity index (χ1v) is 9.50. The Balaban J connectivity index is 1.74. The maximum atomic E-state index is 13.6. The molecule has 0 fully saturated rings. The van der Waals surface area contributed by atoms with Crippen LogP contribution in [-0.4, -0.2) is 36.3 Å². The highest BCUT2D eigenvalue weighted by atomic mass is 32.2. The lowest BCUT2D eigenvalue weighted by Crippen LogP contribution is -2.36. The zero-order valence-electron chi connectivity index (χ0n) is 14.0. The van der Waals surface area contributed by atoms with Crippen LogP contribution in [-0.2, 0) is 23.0 Å². The van der Waals surface area contributed by atoms with Gasteiger partial charge in [-0.05, 0) is 42.0 Å². The molecule has 6 nitrogen and oxygen atoms in total. The third kappa shape index (κ3) is 2.81. The molecule has 0 aliphatic carbocycles. The fraction of sp³-hybridized carbons (Fsp3) is 0.222. The van der Waals surface area contributed by atoms with E-state index in [1.54, 1.807) is 6.20 Å². The van der Waals surface area contributed by atoms with Crippen molar-refractivity contribution in [1.29, 1.82) is 0 Å². The van der Waals surface area contributed by atoms with E-state index < -0.39 is 15.8 Å². The Hall–Kier alpha value is -2.58. The van der Waals surface area contributed by atoms with Crippen LogP contribution in [0.15, 0.2) is 47.5 Å². The number of fused-ring (bicyclic) bond motifs is 2. The summed E-state index contributed by atoms with van der Waals surface area (Å²) < 4.78 is 46.2. The Morgan fingerprint density at radius 3 is 2.88 bits per heavy atom. The molecule has 26 heavy (non-hydrogen) atoms. The molecular formula is C18H16FN3O3S. The van der Waals surface area contributed by atoms with Crippen LogP contribution in [0.3, 0.4) is 0 Å². The van der Waals surface area contributed by atoms with Gasteiger partial charge in [-0.3, -0.25) is 0 Å². The maximum Gasteiger partial charge on any atom is 0.247 e. The van der Waals surface area contributed by atoms with Crippen LogP contribution in [0.4, 0.5) is 4.39 Å². The number of pyridine rings is 2.